The molecule has 1 amide bonds. The highest BCUT2D eigenvalue weighted by Gasteiger charge is 2.45. The molecule has 3 heterocycles. The zero-order valence-electron chi connectivity index (χ0n) is 12.4. The zero-order chi connectivity index (χ0) is 14.2. The molecule has 4 atom stereocenters. The van der Waals surface area contributed by atoms with Gasteiger partial charge in [-0.05, 0) is 50.0 Å². The Morgan fingerprint density at radius 1 is 1.05 bits per heavy atom. The molecule has 1 unspecified atom stereocenters. The van der Waals surface area contributed by atoms with Crippen LogP contribution in [0.1, 0.15) is 50.0 Å². The SMILES string of the molecule is O=C([C@@H]1CCCO1)N1[C@@H]2CC[C@H]1CC(c1ccccc1)C2. The highest BCUT2D eigenvalue weighted by atomic mass is 16.5. The van der Waals surface area contributed by atoms with Gasteiger partial charge in [0, 0.05) is 18.7 Å². The molecule has 0 aliphatic carbocycles. The average molecular weight is 285 g/mol. The number of piperidine rings is 1. The highest BCUT2D eigenvalue weighted by molar-refractivity contribution is 5.82. The molecule has 3 heteroatoms. The van der Waals surface area contributed by atoms with Crippen LogP contribution in [0.3, 0.4) is 0 Å². The van der Waals surface area contributed by atoms with Crippen LogP contribution in [0.15, 0.2) is 30.3 Å². The molecule has 0 N–H and O–H groups in total. The van der Waals surface area contributed by atoms with E-state index in [1.54, 1.807) is 0 Å². The predicted octanol–water partition coefficient (Wildman–Crippen LogP) is 3.10. The minimum atomic E-state index is -0.152. The van der Waals surface area contributed by atoms with Gasteiger partial charge in [0.05, 0.1) is 0 Å². The lowest BCUT2D eigenvalue weighted by Gasteiger charge is -2.40. The topological polar surface area (TPSA) is 29.5 Å². The number of carbonyl (C=O) groups excluding carboxylic acids is 1. The number of benzene rings is 1. The molecule has 0 radical (unpaired) electrons. The summed E-state index contributed by atoms with van der Waals surface area (Å²) in [5.74, 6) is 0.892. The van der Waals surface area contributed by atoms with Crippen LogP contribution in [0.25, 0.3) is 0 Å². The molecule has 21 heavy (non-hydrogen) atoms. The van der Waals surface area contributed by atoms with Crippen molar-refractivity contribution in [3.8, 4) is 0 Å². The van der Waals surface area contributed by atoms with Crippen LogP contribution in [0, 0.1) is 0 Å². The minimum absolute atomic E-state index is 0.152. The summed E-state index contributed by atoms with van der Waals surface area (Å²) < 4.78 is 5.61. The van der Waals surface area contributed by atoms with Gasteiger partial charge in [-0.15, -0.1) is 0 Å². The van der Waals surface area contributed by atoms with Crippen molar-refractivity contribution in [3.05, 3.63) is 35.9 Å². The third kappa shape index (κ3) is 2.38. The standard InChI is InChI=1S/C18H23NO2/c20-18(17-7-4-10-21-17)19-15-8-9-16(19)12-14(11-15)13-5-2-1-3-6-13/h1-3,5-6,14-17H,4,7-12H2/t14?,15-,16+,17-/m0/s1. The number of amides is 1. The van der Waals surface area contributed by atoms with Crippen LogP contribution in [-0.2, 0) is 9.53 Å². The first kappa shape index (κ1) is 13.3. The van der Waals surface area contributed by atoms with Gasteiger partial charge in [-0.1, -0.05) is 30.3 Å². The molecule has 3 aliphatic heterocycles. The van der Waals surface area contributed by atoms with Crippen LogP contribution >= 0.6 is 0 Å². The van der Waals surface area contributed by atoms with Crippen molar-refractivity contribution < 1.29 is 9.53 Å². The second kappa shape index (κ2) is 5.45. The molecule has 0 aromatic heterocycles. The number of hydrogen-bond donors (Lipinski definition) is 0. The maximum Gasteiger partial charge on any atom is 0.252 e. The van der Waals surface area contributed by atoms with Gasteiger partial charge >= 0.3 is 0 Å². The van der Waals surface area contributed by atoms with Gasteiger partial charge < -0.3 is 9.64 Å². The molecule has 2 bridgehead atoms. The van der Waals surface area contributed by atoms with E-state index in [0.717, 1.165) is 32.3 Å². The van der Waals surface area contributed by atoms with E-state index >= 15 is 0 Å². The Hall–Kier alpha value is -1.35. The number of ether oxygens (including phenoxy) is 1. The van der Waals surface area contributed by atoms with E-state index in [9.17, 15) is 4.79 Å². The Bertz CT molecular complexity index is 495. The molecular formula is C18H23NO2. The quantitative estimate of drug-likeness (QED) is 0.835. The summed E-state index contributed by atoms with van der Waals surface area (Å²) in [5, 5.41) is 0. The van der Waals surface area contributed by atoms with Crippen molar-refractivity contribution in [2.75, 3.05) is 6.61 Å². The monoisotopic (exact) mass is 285 g/mol. The van der Waals surface area contributed by atoms with Crippen LogP contribution in [0.4, 0.5) is 0 Å². The fourth-order valence-electron chi connectivity index (χ4n) is 4.47. The van der Waals surface area contributed by atoms with Crippen LogP contribution < -0.4 is 0 Å². The van der Waals surface area contributed by atoms with E-state index in [-0.39, 0.29) is 12.0 Å². The molecule has 0 saturated carbocycles. The molecule has 3 nitrogen and oxygen atoms in total. The molecular weight excluding hydrogens is 262 g/mol. The first-order valence-corrected chi connectivity index (χ1v) is 8.31. The molecule has 3 aliphatic rings. The third-order valence-electron chi connectivity index (χ3n) is 5.46. The Morgan fingerprint density at radius 3 is 2.38 bits per heavy atom. The molecule has 4 rings (SSSR count). The lowest BCUT2D eigenvalue weighted by atomic mass is 9.85. The summed E-state index contributed by atoms with van der Waals surface area (Å²) >= 11 is 0. The lowest BCUT2D eigenvalue weighted by molar-refractivity contribution is -0.145. The predicted molar refractivity (Wildman–Crippen MR) is 81.0 cm³/mol. The van der Waals surface area contributed by atoms with Crippen molar-refractivity contribution in [1.82, 2.24) is 4.90 Å². The lowest BCUT2D eigenvalue weighted by Crippen LogP contribution is -2.49. The summed E-state index contributed by atoms with van der Waals surface area (Å²) in [5.41, 5.74) is 1.44. The first-order chi connectivity index (χ1) is 10.3. The summed E-state index contributed by atoms with van der Waals surface area (Å²) in [6.45, 7) is 0.756. The molecule has 0 spiro atoms. The van der Waals surface area contributed by atoms with Crippen molar-refractivity contribution in [3.63, 3.8) is 0 Å². The van der Waals surface area contributed by atoms with Crippen molar-refractivity contribution >= 4 is 5.91 Å². The van der Waals surface area contributed by atoms with Gasteiger partial charge in [0.25, 0.3) is 5.91 Å². The first-order valence-electron chi connectivity index (χ1n) is 8.31. The molecule has 1 aromatic rings. The Balaban J connectivity index is 1.50. The Morgan fingerprint density at radius 2 is 1.76 bits per heavy atom. The summed E-state index contributed by atoms with van der Waals surface area (Å²) in [7, 11) is 0. The van der Waals surface area contributed by atoms with E-state index in [1.807, 2.05) is 0 Å². The molecule has 3 fully saturated rings. The van der Waals surface area contributed by atoms with E-state index in [1.165, 1.54) is 18.4 Å². The summed E-state index contributed by atoms with van der Waals surface area (Å²) in [6.07, 6.45) is 6.39. The van der Waals surface area contributed by atoms with Gasteiger partial charge in [-0.3, -0.25) is 4.79 Å². The smallest absolute Gasteiger partial charge is 0.252 e. The maximum atomic E-state index is 12.7. The van der Waals surface area contributed by atoms with Crippen LogP contribution in [0.2, 0.25) is 0 Å². The number of rotatable bonds is 2. The number of fused-ring (bicyclic) bond motifs is 2. The second-order valence-corrected chi connectivity index (χ2v) is 6.71. The highest BCUT2D eigenvalue weighted by Crippen LogP contribution is 2.43. The van der Waals surface area contributed by atoms with E-state index in [2.05, 4.69) is 35.2 Å². The van der Waals surface area contributed by atoms with Gasteiger partial charge in [-0.2, -0.15) is 0 Å². The van der Waals surface area contributed by atoms with Gasteiger partial charge in [0.15, 0.2) is 0 Å². The normalized spacial score (nSPS) is 35.1. The number of carbonyl (C=O) groups is 1. The van der Waals surface area contributed by atoms with Gasteiger partial charge in [-0.25, -0.2) is 0 Å². The second-order valence-electron chi connectivity index (χ2n) is 6.71. The van der Waals surface area contributed by atoms with Crippen molar-refractivity contribution in [2.24, 2.45) is 0 Å². The summed E-state index contributed by atoms with van der Waals surface area (Å²) in [6, 6.07) is 11.7. The van der Waals surface area contributed by atoms with Crippen LogP contribution in [-0.4, -0.2) is 35.6 Å². The number of hydrogen-bond acceptors (Lipinski definition) is 2. The Labute approximate surface area is 126 Å². The van der Waals surface area contributed by atoms with Crippen molar-refractivity contribution in [1.29, 1.82) is 0 Å². The fourth-order valence-corrected chi connectivity index (χ4v) is 4.47. The van der Waals surface area contributed by atoms with Crippen LogP contribution in [0.5, 0.6) is 0 Å². The van der Waals surface area contributed by atoms with Gasteiger partial charge in [0.1, 0.15) is 6.10 Å². The molecule has 112 valence electrons. The van der Waals surface area contributed by atoms with Gasteiger partial charge in [0.2, 0.25) is 0 Å². The maximum absolute atomic E-state index is 12.7. The summed E-state index contributed by atoms with van der Waals surface area (Å²) in [4.78, 5) is 14.9. The molecule has 1 aromatic carbocycles. The zero-order valence-corrected chi connectivity index (χ0v) is 12.4. The molecule has 3 saturated heterocycles. The fraction of sp³-hybridized carbons (Fsp3) is 0.611. The number of nitrogens with zero attached hydrogens (tertiary/aromatic N) is 1. The largest absolute Gasteiger partial charge is 0.368 e. The average Bonchev–Trinajstić information content (AvgIpc) is 3.14. The third-order valence-corrected chi connectivity index (χ3v) is 5.46. The minimum Gasteiger partial charge on any atom is -0.368 e. The van der Waals surface area contributed by atoms with E-state index in [0.29, 0.717) is 18.0 Å². The Kier molecular flexibility index (Phi) is 3.46. The van der Waals surface area contributed by atoms with E-state index < -0.39 is 0 Å². The van der Waals surface area contributed by atoms with Crippen molar-refractivity contribution in [2.45, 2.75) is 62.6 Å². The van der Waals surface area contributed by atoms with E-state index in [4.69, 9.17) is 4.74 Å².